The number of para-hydroxylation sites is 2. The number of anilines is 2. The Kier molecular flexibility index (Phi) is 5.61. The first kappa shape index (κ1) is 17.1. The molecule has 1 amide bonds. The van der Waals surface area contributed by atoms with Crippen LogP contribution in [0.5, 0.6) is 0 Å². The van der Waals surface area contributed by atoms with Gasteiger partial charge in [-0.3, -0.25) is 9.69 Å². The highest BCUT2D eigenvalue weighted by Crippen LogP contribution is 2.26. The van der Waals surface area contributed by atoms with Crippen LogP contribution >= 0.6 is 23.2 Å². The van der Waals surface area contributed by atoms with Crippen LogP contribution in [0.15, 0.2) is 48.5 Å². The van der Waals surface area contributed by atoms with E-state index in [2.05, 4.69) is 15.1 Å². The number of rotatable bonds is 4. The minimum atomic E-state index is -0.0470. The number of piperazine rings is 1. The molecule has 2 aromatic carbocycles. The van der Waals surface area contributed by atoms with Crippen LogP contribution in [0, 0.1) is 0 Å². The summed E-state index contributed by atoms with van der Waals surface area (Å²) in [4.78, 5) is 16.6. The van der Waals surface area contributed by atoms with Crippen LogP contribution in [0.25, 0.3) is 0 Å². The lowest BCUT2D eigenvalue weighted by Crippen LogP contribution is -2.48. The van der Waals surface area contributed by atoms with Gasteiger partial charge < -0.3 is 10.2 Å². The van der Waals surface area contributed by atoms with Crippen LogP contribution in [0.2, 0.25) is 10.0 Å². The zero-order chi connectivity index (χ0) is 16.9. The van der Waals surface area contributed by atoms with Crippen molar-refractivity contribution in [2.75, 3.05) is 42.9 Å². The van der Waals surface area contributed by atoms with E-state index in [0.717, 1.165) is 36.9 Å². The molecule has 3 rings (SSSR count). The van der Waals surface area contributed by atoms with Crippen LogP contribution in [0.4, 0.5) is 11.4 Å². The molecule has 126 valence electrons. The van der Waals surface area contributed by atoms with Crippen LogP contribution < -0.4 is 10.2 Å². The Labute approximate surface area is 152 Å². The smallest absolute Gasteiger partial charge is 0.238 e. The van der Waals surface area contributed by atoms with Crippen molar-refractivity contribution >= 4 is 40.5 Å². The summed E-state index contributed by atoms with van der Waals surface area (Å²) in [5.74, 6) is -0.0470. The molecule has 1 aliphatic rings. The summed E-state index contributed by atoms with van der Waals surface area (Å²) in [6.07, 6.45) is 0. The van der Waals surface area contributed by atoms with E-state index >= 15 is 0 Å². The van der Waals surface area contributed by atoms with Gasteiger partial charge in [0.05, 0.1) is 28.0 Å². The third kappa shape index (κ3) is 4.20. The van der Waals surface area contributed by atoms with Gasteiger partial charge in [0.25, 0.3) is 0 Å². The number of hydrogen-bond acceptors (Lipinski definition) is 3. The van der Waals surface area contributed by atoms with E-state index in [1.54, 1.807) is 12.1 Å². The number of benzene rings is 2. The first-order valence-corrected chi connectivity index (χ1v) is 8.65. The number of carbonyl (C=O) groups is 1. The van der Waals surface area contributed by atoms with Gasteiger partial charge in [0.1, 0.15) is 0 Å². The summed E-state index contributed by atoms with van der Waals surface area (Å²) in [5.41, 5.74) is 1.71. The average molecular weight is 364 g/mol. The molecule has 24 heavy (non-hydrogen) atoms. The number of carbonyl (C=O) groups excluding carboxylic acids is 1. The number of amides is 1. The maximum Gasteiger partial charge on any atom is 0.238 e. The van der Waals surface area contributed by atoms with E-state index in [-0.39, 0.29) is 5.91 Å². The maximum atomic E-state index is 12.2. The molecule has 4 nitrogen and oxygen atoms in total. The molecule has 6 heteroatoms. The van der Waals surface area contributed by atoms with Gasteiger partial charge in [0.2, 0.25) is 5.91 Å². The van der Waals surface area contributed by atoms with Crippen molar-refractivity contribution in [3.63, 3.8) is 0 Å². The first-order valence-electron chi connectivity index (χ1n) is 7.90. The second-order valence-electron chi connectivity index (χ2n) is 5.74. The predicted octanol–water partition coefficient (Wildman–Crippen LogP) is 3.75. The predicted molar refractivity (Wildman–Crippen MR) is 100 cm³/mol. The molecule has 1 aliphatic heterocycles. The second kappa shape index (κ2) is 7.88. The van der Waals surface area contributed by atoms with Gasteiger partial charge >= 0.3 is 0 Å². The molecule has 1 saturated heterocycles. The Morgan fingerprint density at radius 3 is 2.21 bits per heavy atom. The Morgan fingerprint density at radius 2 is 1.54 bits per heavy atom. The fraction of sp³-hybridized carbons (Fsp3) is 0.278. The molecule has 0 atom stereocenters. The lowest BCUT2D eigenvalue weighted by atomic mass is 10.2. The minimum Gasteiger partial charge on any atom is -0.368 e. The van der Waals surface area contributed by atoms with E-state index < -0.39 is 0 Å². The molecular weight excluding hydrogens is 345 g/mol. The molecule has 0 bridgehead atoms. The fourth-order valence-electron chi connectivity index (χ4n) is 2.81. The molecule has 0 radical (unpaired) electrons. The number of nitrogens with zero attached hydrogens (tertiary/aromatic N) is 2. The Bertz CT molecular complexity index is 715. The lowest BCUT2D eigenvalue weighted by molar-refractivity contribution is -0.117. The molecule has 0 aromatic heterocycles. The Balaban J connectivity index is 1.51. The van der Waals surface area contributed by atoms with Crippen LogP contribution in [0.1, 0.15) is 0 Å². The molecule has 0 saturated carbocycles. The third-order valence-corrected chi connectivity index (χ3v) is 4.73. The van der Waals surface area contributed by atoms with E-state index in [9.17, 15) is 4.79 Å². The van der Waals surface area contributed by atoms with E-state index in [0.29, 0.717) is 17.3 Å². The Hall–Kier alpha value is -1.75. The monoisotopic (exact) mass is 363 g/mol. The average Bonchev–Trinajstić information content (AvgIpc) is 2.58. The van der Waals surface area contributed by atoms with Gasteiger partial charge in [-0.25, -0.2) is 0 Å². The van der Waals surface area contributed by atoms with Gasteiger partial charge in [-0.1, -0.05) is 47.5 Å². The molecule has 0 spiro atoms. The van der Waals surface area contributed by atoms with E-state index in [1.165, 1.54) is 0 Å². The van der Waals surface area contributed by atoms with Gasteiger partial charge in [0, 0.05) is 26.2 Å². The molecule has 1 fully saturated rings. The standard InChI is InChI=1S/C18H19Cl2N3O/c19-14-5-1-3-7-16(14)21-18(24)13-22-9-11-23(12-10-22)17-8-4-2-6-15(17)20/h1-8H,9-13H2,(H,21,24). The number of nitrogens with one attached hydrogen (secondary N) is 1. The van der Waals surface area contributed by atoms with Gasteiger partial charge in [-0.05, 0) is 24.3 Å². The van der Waals surface area contributed by atoms with Crippen molar-refractivity contribution in [2.45, 2.75) is 0 Å². The van der Waals surface area contributed by atoms with Crippen molar-refractivity contribution in [3.8, 4) is 0 Å². The zero-order valence-corrected chi connectivity index (χ0v) is 14.7. The van der Waals surface area contributed by atoms with Gasteiger partial charge in [-0.15, -0.1) is 0 Å². The van der Waals surface area contributed by atoms with E-state index in [4.69, 9.17) is 23.2 Å². The zero-order valence-electron chi connectivity index (χ0n) is 13.2. The summed E-state index contributed by atoms with van der Waals surface area (Å²) in [6, 6.07) is 15.1. The minimum absolute atomic E-state index is 0.0470. The second-order valence-corrected chi connectivity index (χ2v) is 6.56. The quantitative estimate of drug-likeness (QED) is 0.898. The highest BCUT2D eigenvalue weighted by molar-refractivity contribution is 6.33. The van der Waals surface area contributed by atoms with Gasteiger partial charge in [0.15, 0.2) is 0 Å². The van der Waals surface area contributed by atoms with Crippen LogP contribution in [-0.2, 0) is 4.79 Å². The van der Waals surface area contributed by atoms with Crippen molar-refractivity contribution in [3.05, 3.63) is 58.6 Å². The fourth-order valence-corrected chi connectivity index (χ4v) is 3.25. The highest BCUT2D eigenvalue weighted by atomic mass is 35.5. The summed E-state index contributed by atoms with van der Waals surface area (Å²) in [5, 5.41) is 4.18. The van der Waals surface area contributed by atoms with E-state index in [1.807, 2.05) is 36.4 Å². The van der Waals surface area contributed by atoms with Gasteiger partial charge in [-0.2, -0.15) is 0 Å². The van der Waals surface area contributed by atoms with Crippen molar-refractivity contribution in [1.29, 1.82) is 0 Å². The van der Waals surface area contributed by atoms with Crippen LogP contribution in [0.3, 0.4) is 0 Å². The normalized spacial score (nSPS) is 15.3. The van der Waals surface area contributed by atoms with Crippen molar-refractivity contribution < 1.29 is 4.79 Å². The summed E-state index contributed by atoms with van der Waals surface area (Å²) in [6.45, 7) is 3.70. The molecule has 1 heterocycles. The third-order valence-electron chi connectivity index (χ3n) is 4.08. The first-order chi connectivity index (χ1) is 11.6. The van der Waals surface area contributed by atoms with Crippen molar-refractivity contribution in [2.24, 2.45) is 0 Å². The topological polar surface area (TPSA) is 35.6 Å². The molecule has 0 aliphatic carbocycles. The number of hydrogen-bond donors (Lipinski definition) is 1. The Morgan fingerprint density at radius 1 is 0.917 bits per heavy atom. The summed E-state index contributed by atoms with van der Waals surface area (Å²) < 4.78 is 0. The van der Waals surface area contributed by atoms with Crippen molar-refractivity contribution in [1.82, 2.24) is 4.90 Å². The lowest BCUT2D eigenvalue weighted by Gasteiger charge is -2.36. The molecular formula is C18H19Cl2N3O. The summed E-state index contributed by atoms with van der Waals surface area (Å²) >= 11 is 12.3. The maximum absolute atomic E-state index is 12.2. The molecule has 1 N–H and O–H groups in total. The molecule has 2 aromatic rings. The highest BCUT2D eigenvalue weighted by Gasteiger charge is 2.20. The SMILES string of the molecule is O=C(CN1CCN(c2ccccc2Cl)CC1)Nc1ccccc1Cl. The molecule has 0 unspecified atom stereocenters. The van der Waals surface area contributed by atoms with Crippen LogP contribution in [-0.4, -0.2) is 43.5 Å². The number of halogens is 2. The summed E-state index contributed by atoms with van der Waals surface area (Å²) in [7, 11) is 0. The largest absolute Gasteiger partial charge is 0.368 e.